The predicted octanol–water partition coefficient (Wildman–Crippen LogP) is 3.79. The topological polar surface area (TPSA) is 91.4 Å². The summed E-state index contributed by atoms with van der Waals surface area (Å²) in [5.41, 5.74) is 3.15. The minimum atomic E-state index is -0.641. The number of hydrogen-bond acceptors (Lipinski definition) is 5. The van der Waals surface area contributed by atoms with Crippen LogP contribution in [0.2, 0.25) is 0 Å². The molecule has 1 heterocycles. The van der Waals surface area contributed by atoms with Crippen LogP contribution in [0.25, 0.3) is 6.08 Å². The number of non-ortho nitro benzene ring substituents is 1. The van der Waals surface area contributed by atoms with Crippen molar-refractivity contribution in [2.75, 3.05) is 6.61 Å². The molecule has 0 spiro atoms. The Bertz CT molecular complexity index is 921. The molecule has 1 aromatic heterocycles. The van der Waals surface area contributed by atoms with E-state index in [1.807, 2.05) is 19.9 Å². The predicted molar refractivity (Wildman–Crippen MR) is 99.6 cm³/mol. The highest BCUT2D eigenvalue weighted by Gasteiger charge is 2.28. The van der Waals surface area contributed by atoms with Crippen LogP contribution in [-0.4, -0.2) is 27.8 Å². The first kappa shape index (κ1) is 18.6. The molecule has 3 rings (SSSR count). The average molecular weight is 368 g/mol. The van der Waals surface area contributed by atoms with Gasteiger partial charge in [-0.1, -0.05) is 0 Å². The first-order valence-corrected chi connectivity index (χ1v) is 8.67. The summed E-state index contributed by atoms with van der Waals surface area (Å²) in [6.07, 6.45) is 4.94. The van der Waals surface area contributed by atoms with E-state index in [0.29, 0.717) is 17.2 Å². The lowest BCUT2D eigenvalue weighted by Crippen LogP contribution is -2.13. The van der Waals surface area contributed by atoms with Crippen LogP contribution in [0.4, 0.5) is 5.69 Å². The number of rotatable bonds is 7. The van der Waals surface area contributed by atoms with E-state index in [1.54, 1.807) is 0 Å². The highest BCUT2D eigenvalue weighted by atomic mass is 16.6. The molecular weight excluding hydrogens is 348 g/mol. The lowest BCUT2D eigenvalue weighted by atomic mass is 10.1. The fourth-order valence-electron chi connectivity index (χ4n) is 3.09. The van der Waals surface area contributed by atoms with Crippen LogP contribution in [0, 0.1) is 24.0 Å². The van der Waals surface area contributed by atoms with E-state index in [1.165, 1.54) is 36.4 Å². The van der Waals surface area contributed by atoms with Crippen molar-refractivity contribution in [3.05, 3.63) is 69.0 Å². The van der Waals surface area contributed by atoms with E-state index in [2.05, 4.69) is 4.57 Å². The van der Waals surface area contributed by atoms with Crippen LogP contribution in [0.5, 0.6) is 0 Å². The zero-order valence-corrected chi connectivity index (χ0v) is 15.2. The summed E-state index contributed by atoms with van der Waals surface area (Å²) in [5, 5.41) is 10.6. The summed E-state index contributed by atoms with van der Waals surface area (Å²) in [5.74, 6) is -0.871. The molecule has 7 nitrogen and oxygen atoms in total. The monoisotopic (exact) mass is 368 g/mol. The number of nitro benzene ring substituents is 1. The van der Waals surface area contributed by atoms with Crippen LogP contribution in [0.15, 0.2) is 36.4 Å². The molecule has 0 radical (unpaired) electrons. The third-order valence-corrected chi connectivity index (χ3v) is 4.56. The molecule has 0 aliphatic heterocycles. The average Bonchev–Trinajstić information content (AvgIpc) is 3.43. The fourth-order valence-corrected chi connectivity index (χ4v) is 3.09. The molecule has 7 heteroatoms. The Kier molecular flexibility index (Phi) is 5.21. The van der Waals surface area contributed by atoms with Gasteiger partial charge in [-0.25, -0.2) is 4.79 Å². The van der Waals surface area contributed by atoms with E-state index >= 15 is 0 Å². The van der Waals surface area contributed by atoms with Gasteiger partial charge in [0.25, 0.3) is 5.69 Å². The van der Waals surface area contributed by atoms with E-state index in [9.17, 15) is 19.7 Å². The molecule has 2 aromatic rings. The van der Waals surface area contributed by atoms with Crippen molar-refractivity contribution in [2.45, 2.75) is 32.7 Å². The number of hydrogen-bond donors (Lipinski definition) is 0. The van der Waals surface area contributed by atoms with Gasteiger partial charge in [-0.2, -0.15) is 0 Å². The van der Waals surface area contributed by atoms with Gasteiger partial charge >= 0.3 is 5.97 Å². The summed E-state index contributed by atoms with van der Waals surface area (Å²) in [6, 6.07) is 8.09. The minimum Gasteiger partial charge on any atom is -0.454 e. The molecular formula is C20H20N2O5. The maximum absolute atomic E-state index is 12.4. The number of ketones is 1. The van der Waals surface area contributed by atoms with Gasteiger partial charge in [0, 0.05) is 41.2 Å². The van der Waals surface area contributed by atoms with Crippen LogP contribution in [0.1, 0.15) is 46.2 Å². The van der Waals surface area contributed by atoms with Crippen molar-refractivity contribution >= 4 is 23.5 Å². The van der Waals surface area contributed by atoms with Crippen molar-refractivity contribution in [2.24, 2.45) is 0 Å². The molecule has 1 aromatic carbocycles. The Hall–Kier alpha value is -3.22. The maximum atomic E-state index is 12.4. The molecule has 1 aliphatic carbocycles. The van der Waals surface area contributed by atoms with Crippen molar-refractivity contribution in [3.63, 3.8) is 0 Å². The Balaban J connectivity index is 1.56. The maximum Gasteiger partial charge on any atom is 0.331 e. The third-order valence-electron chi connectivity index (χ3n) is 4.56. The number of esters is 1. The second kappa shape index (κ2) is 7.57. The second-order valence-electron chi connectivity index (χ2n) is 6.60. The molecule has 0 bridgehead atoms. The van der Waals surface area contributed by atoms with Crippen LogP contribution in [-0.2, 0) is 9.53 Å². The van der Waals surface area contributed by atoms with Crippen LogP contribution >= 0.6 is 0 Å². The molecule has 140 valence electrons. The van der Waals surface area contributed by atoms with Gasteiger partial charge in [-0.15, -0.1) is 0 Å². The van der Waals surface area contributed by atoms with E-state index in [-0.39, 0.29) is 18.1 Å². The molecule has 1 aliphatic rings. The number of ether oxygens (including phenoxy) is 1. The highest BCUT2D eigenvalue weighted by molar-refractivity contribution is 6.00. The quantitative estimate of drug-likeness (QED) is 0.244. The summed E-state index contributed by atoms with van der Waals surface area (Å²) < 4.78 is 7.20. The fraction of sp³-hybridized carbons (Fsp3) is 0.300. The van der Waals surface area contributed by atoms with Gasteiger partial charge in [-0.3, -0.25) is 14.9 Å². The number of Topliss-reactive ketones (excluding diaryl/α,β-unsaturated/α-hetero) is 1. The second-order valence-corrected chi connectivity index (χ2v) is 6.60. The number of aryl methyl sites for hydroxylation is 1. The molecule has 0 N–H and O–H groups in total. The van der Waals surface area contributed by atoms with E-state index in [0.717, 1.165) is 24.2 Å². The number of nitro groups is 1. The summed E-state index contributed by atoms with van der Waals surface area (Å²) in [6.45, 7) is 3.56. The van der Waals surface area contributed by atoms with Gasteiger partial charge < -0.3 is 9.30 Å². The summed E-state index contributed by atoms with van der Waals surface area (Å²) >= 11 is 0. The number of aromatic nitrogens is 1. The molecule has 0 amide bonds. The Morgan fingerprint density at radius 2 is 1.93 bits per heavy atom. The lowest BCUT2D eigenvalue weighted by Gasteiger charge is -2.07. The highest BCUT2D eigenvalue weighted by Crippen LogP contribution is 2.38. The molecule has 27 heavy (non-hydrogen) atoms. The lowest BCUT2D eigenvalue weighted by molar-refractivity contribution is -0.384. The third kappa shape index (κ3) is 4.31. The van der Waals surface area contributed by atoms with Crippen molar-refractivity contribution < 1.29 is 19.2 Å². The number of benzene rings is 1. The first-order chi connectivity index (χ1) is 12.9. The van der Waals surface area contributed by atoms with Gasteiger partial charge in [-0.05, 0) is 56.5 Å². The molecule has 0 atom stereocenters. The summed E-state index contributed by atoms with van der Waals surface area (Å²) in [7, 11) is 0. The zero-order chi connectivity index (χ0) is 19.6. The normalized spacial score (nSPS) is 13.7. The van der Waals surface area contributed by atoms with Crippen LogP contribution in [0.3, 0.4) is 0 Å². The number of carbonyl (C=O) groups excluding carboxylic acids is 2. The number of nitrogens with zero attached hydrogens (tertiary/aromatic N) is 2. The SMILES string of the molecule is Cc1cc(C(=O)COC(=O)/C=C/c2ccc([N+](=O)[O-])cc2)c(C)n1C1CC1. The Morgan fingerprint density at radius 1 is 1.26 bits per heavy atom. The Labute approximate surface area is 156 Å². The Morgan fingerprint density at radius 3 is 2.52 bits per heavy atom. The molecule has 0 saturated heterocycles. The van der Waals surface area contributed by atoms with Gasteiger partial charge in [0.1, 0.15) is 0 Å². The smallest absolute Gasteiger partial charge is 0.331 e. The van der Waals surface area contributed by atoms with E-state index in [4.69, 9.17) is 4.74 Å². The standard InChI is InChI=1S/C20H20N2O5/c1-13-11-18(14(2)21(13)16-8-9-16)19(23)12-27-20(24)10-5-15-3-6-17(7-4-15)22(25)26/h3-7,10-11,16H,8-9,12H2,1-2H3/b10-5+. The van der Waals surface area contributed by atoms with Gasteiger partial charge in [0.15, 0.2) is 6.61 Å². The largest absolute Gasteiger partial charge is 0.454 e. The van der Waals surface area contributed by atoms with Crippen molar-refractivity contribution in [1.82, 2.24) is 4.57 Å². The van der Waals surface area contributed by atoms with Gasteiger partial charge in [0.2, 0.25) is 5.78 Å². The molecule has 0 unspecified atom stereocenters. The molecule has 1 saturated carbocycles. The molecule has 1 fully saturated rings. The first-order valence-electron chi connectivity index (χ1n) is 8.67. The van der Waals surface area contributed by atoms with Gasteiger partial charge in [0.05, 0.1) is 4.92 Å². The van der Waals surface area contributed by atoms with Crippen LogP contribution < -0.4 is 0 Å². The van der Waals surface area contributed by atoms with Crippen molar-refractivity contribution in [1.29, 1.82) is 0 Å². The minimum absolute atomic E-state index is 0.0240. The van der Waals surface area contributed by atoms with E-state index < -0.39 is 10.9 Å². The summed E-state index contributed by atoms with van der Waals surface area (Å²) in [4.78, 5) is 34.3. The van der Waals surface area contributed by atoms with Crippen molar-refractivity contribution in [3.8, 4) is 0 Å². The zero-order valence-electron chi connectivity index (χ0n) is 15.2. The number of carbonyl (C=O) groups is 2.